The van der Waals surface area contributed by atoms with E-state index in [0.717, 1.165) is 37.4 Å². The van der Waals surface area contributed by atoms with E-state index >= 15 is 0 Å². The zero-order valence-corrected chi connectivity index (χ0v) is 10.5. The van der Waals surface area contributed by atoms with Gasteiger partial charge in [0.2, 0.25) is 0 Å². The number of nitrogens with two attached hydrogens (primary N) is 1. The first-order valence-corrected chi connectivity index (χ1v) is 6.19. The van der Waals surface area contributed by atoms with Crippen molar-refractivity contribution in [3.8, 4) is 0 Å². The number of hydrogen-bond donors (Lipinski definition) is 3. The Hall–Kier alpha value is -1.75. The fourth-order valence-electron chi connectivity index (χ4n) is 2.12. The smallest absolute Gasteiger partial charge is 0.335 e. The monoisotopic (exact) mass is 249 g/mol. The maximum absolute atomic E-state index is 10.9. The molecule has 0 aliphatic carbocycles. The molecule has 1 aromatic carbocycles. The Bertz CT molecular complexity index is 446. The normalized spacial score (nSPS) is 15.8. The van der Waals surface area contributed by atoms with Gasteiger partial charge in [-0.3, -0.25) is 0 Å². The summed E-state index contributed by atoms with van der Waals surface area (Å²) < 4.78 is 0. The van der Waals surface area contributed by atoms with Crippen LogP contribution in [0.4, 0.5) is 11.4 Å². The number of anilines is 2. The van der Waals surface area contributed by atoms with Gasteiger partial charge in [-0.2, -0.15) is 0 Å². The summed E-state index contributed by atoms with van der Waals surface area (Å²) in [7, 11) is 0. The molecule has 4 N–H and O–H groups in total. The first kappa shape index (κ1) is 12.7. The summed E-state index contributed by atoms with van der Waals surface area (Å²) in [5.74, 6) is -0.896. The molecule has 1 aromatic rings. The molecule has 0 fully saturated rings. The molecule has 18 heavy (non-hydrogen) atoms. The lowest BCUT2D eigenvalue weighted by Gasteiger charge is -2.32. The standard InChI is InChI=1S/C13H19N3O2/c1-9(14)4-6-16-7-5-15-11-8-10(13(17)18)2-3-12(11)16/h2-3,8-9,15H,4-7,14H2,1H3,(H,17,18). The van der Waals surface area contributed by atoms with Crippen molar-refractivity contribution in [1.29, 1.82) is 0 Å². The Morgan fingerprint density at radius 3 is 3.06 bits per heavy atom. The van der Waals surface area contributed by atoms with Crippen molar-refractivity contribution in [3.63, 3.8) is 0 Å². The van der Waals surface area contributed by atoms with Crippen LogP contribution in [0.1, 0.15) is 23.7 Å². The van der Waals surface area contributed by atoms with Crippen LogP contribution in [0.15, 0.2) is 18.2 Å². The second-order valence-electron chi connectivity index (χ2n) is 4.72. The van der Waals surface area contributed by atoms with Crippen molar-refractivity contribution in [2.45, 2.75) is 19.4 Å². The molecule has 2 rings (SSSR count). The molecule has 0 saturated heterocycles. The van der Waals surface area contributed by atoms with Crippen LogP contribution in [0, 0.1) is 0 Å². The van der Waals surface area contributed by atoms with E-state index in [-0.39, 0.29) is 6.04 Å². The van der Waals surface area contributed by atoms with Gasteiger partial charge in [0.05, 0.1) is 16.9 Å². The quantitative estimate of drug-likeness (QED) is 0.750. The SMILES string of the molecule is CC(N)CCN1CCNc2cc(C(=O)O)ccc21. The molecule has 1 unspecified atom stereocenters. The number of carbonyl (C=O) groups is 1. The van der Waals surface area contributed by atoms with Crippen LogP contribution >= 0.6 is 0 Å². The highest BCUT2D eigenvalue weighted by atomic mass is 16.4. The first-order valence-electron chi connectivity index (χ1n) is 6.19. The number of rotatable bonds is 4. The third-order valence-electron chi connectivity index (χ3n) is 3.14. The summed E-state index contributed by atoms with van der Waals surface area (Å²) in [6, 6.07) is 5.39. The van der Waals surface area contributed by atoms with E-state index in [1.165, 1.54) is 0 Å². The van der Waals surface area contributed by atoms with Crippen molar-refractivity contribution in [2.24, 2.45) is 5.73 Å². The average Bonchev–Trinajstić information content (AvgIpc) is 2.35. The molecule has 0 radical (unpaired) electrons. The molecule has 0 bridgehead atoms. The predicted molar refractivity (Wildman–Crippen MR) is 72.4 cm³/mol. The van der Waals surface area contributed by atoms with E-state index in [0.29, 0.717) is 5.56 Å². The Morgan fingerprint density at radius 2 is 2.39 bits per heavy atom. The van der Waals surface area contributed by atoms with Gasteiger partial charge in [-0.05, 0) is 31.5 Å². The Labute approximate surface area is 107 Å². The Balaban J connectivity index is 2.19. The number of carboxylic acids is 1. The van der Waals surface area contributed by atoms with Crippen molar-refractivity contribution in [1.82, 2.24) is 0 Å². The average molecular weight is 249 g/mol. The second kappa shape index (κ2) is 5.27. The summed E-state index contributed by atoms with van der Waals surface area (Å²) in [6.07, 6.45) is 0.931. The van der Waals surface area contributed by atoms with Crippen LogP contribution in [0.25, 0.3) is 0 Å². The van der Waals surface area contributed by atoms with Gasteiger partial charge in [-0.1, -0.05) is 0 Å². The lowest BCUT2D eigenvalue weighted by atomic mass is 10.1. The van der Waals surface area contributed by atoms with Crippen LogP contribution in [0.3, 0.4) is 0 Å². The summed E-state index contributed by atoms with van der Waals surface area (Å²) in [4.78, 5) is 13.2. The predicted octanol–water partition coefficient (Wildman–Crippen LogP) is 1.35. The fourth-order valence-corrected chi connectivity index (χ4v) is 2.12. The van der Waals surface area contributed by atoms with Crippen LogP contribution in [-0.2, 0) is 0 Å². The summed E-state index contributed by atoms with van der Waals surface area (Å²) >= 11 is 0. The summed E-state index contributed by atoms with van der Waals surface area (Å²) in [5, 5.41) is 12.2. The van der Waals surface area contributed by atoms with Gasteiger partial charge in [0.1, 0.15) is 0 Å². The molecule has 0 spiro atoms. The zero-order valence-electron chi connectivity index (χ0n) is 10.5. The number of nitrogens with zero attached hydrogens (tertiary/aromatic N) is 1. The van der Waals surface area contributed by atoms with Gasteiger partial charge >= 0.3 is 5.97 Å². The largest absolute Gasteiger partial charge is 0.478 e. The van der Waals surface area contributed by atoms with E-state index < -0.39 is 5.97 Å². The molecular weight excluding hydrogens is 230 g/mol. The fraction of sp³-hybridized carbons (Fsp3) is 0.462. The van der Waals surface area contributed by atoms with Gasteiger partial charge < -0.3 is 21.1 Å². The van der Waals surface area contributed by atoms with Crippen molar-refractivity contribution in [2.75, 3.05) is 29.9 Å². The summed E-state index contributed by atoms with van der Waals surface area (Å²) in [5.41, 5.74) is 8.04. The van der Waals surface area contributed by atoms with Crippen LogP contribution in [0.5, 0.6) is 0 Å². The van der Waals surface area contributed by atoms with Gasteiger partial charge in [0.15, 0.2) is 0 Å². The van der Waals surface area contributed by atoms with Gasteiger partial charge in [-0.15, -0.1) is 0 Å². The Kier molecular flexibility index (Phi) is 3.72. The van der Waals surface area contributed by atoms with Crippen molar-refractivity contribution >= 4 is 17.3 Å². The highest BCUT2D eigenvalue weighted by Gasteiger charge is 2.18. The van der Waals surface area contributed by atoms with E-state index in [4.69, 9.17) is 10.8 Å². The molecule has 1 heterocycles. The van der Waals surface area contributed by atoms with Crippen LogP contribution < -0.4 is 16.0 Å². The van der Waals surface area contributed by atoms with Gasteiger partial charge in [0.25, 0.3) is 0 Å². The first-order chi connectivity index (χ1) is 8.58. The molecule has 1 aliphatic rings. The maximum atomic E-state index is 10.9. The van der Waals surface area contributed by atoms with E-state index in [1.54, 1.807) is 12.1 Å². The highest BCUT2D eigenvalue weighted by Crippen LogP contribution is 2.30. The topological polar surface area (TPSA) is 78.6 Å². The summed E-state index contributed by atoms with van der Waals surface area (Å²) in [6.45, 7) is 4.65. The van der Waals surface area contributed by atoms with Crippen molar-refractivity contribution in [3.05, 3.63) is 23.8 Å². The lowest BCUT2D eigenvalue weighted by molar-refractivity contribution is 0.0697. The number of carboxylic acid groups (broad SMARTS) is 1. The number of nitrogens with one attached hydrogen (secondary N) is 1. The highest BCUT2D eigenvalue weighted by molar-refractivity contribution is 5.91. The third kappa shape index (κ3) is 2.73. The van der Waals surface area contributed by atoms with Crippen LogP contribution in [-0.4, -0.2) is 36.8 Å². The van der Waals surface area contributed by atoms with Crippen molar-refractivity contribution < 1.29 is 9.90 Å². The number of benzene rings is 1. The maximum Gasteiger partial charge on any atom is 0.335 e. The molecule has 1 aliphatic heterocycles. The molecule has 0 amide bonds. The Morgan fingerprint density at radius 1 is 1.61 bits per heavy atom. The van der Waals surface area contributed by atoms with Crippen LogP contribution in [0.2, 0.25) is 0 Å². The van der Waals surface area contributed by atoms with E-state index in [9.17, 15) is 4.79 Å². The minimum atomic E-state index is -0.896. The number of aromatic carboxylic acids is 1. The zero-order chi connectivity index (χ0) is 13.1. The molecule has 5 heteroatoms. The third-order valence-corrected chi connectivity index (χ3v) is 3.14. The molecule has 0 saturated carbocycles. The molecule has 1 atom stereocenters. The molecule has 98 valence electrons. The van der Waals surface area contributed by atoms with Gasteiger partial charge in [0, 0.05) is 25.7 Å². The molecule has 5 nitrogen and oxygen atoms in total. The van der Waals surface area contributed by atoms with Gasteiger partial charge in [-0.25, -0.2) is 4.79 Å². The van der Waals surface area contributed by atoms with E-state index in [1.807, 2.05) is 13.0 Å². The van der Waals surface area contributed by atoms with E-state index in [2.05, 4.69) is 10.2 Å². The number of hydrogen-bond acceptors (Lipinski definition) is 4. The number of fused-ring (bicyclic) bond motifs is 1. The molecule has 0 aromatic heterocycles. The minimum absolute atomic E-state index is 0.182. The lowest BCUT2D eigenvalue weighted by Crippen LogP contribution is -2.36. The molecular formula is C13H19N3O2. The minimum Gasteiger partial charge on any atom is -0.478 e. The second-order valence-corrected chi connectivity index (χ2v) is 4.72.